The van der Waals surface area contributed by atoms with Crippen molar-refractivity contribution in [2.45, 2.75) is 23.7 Å². The highest BCUT2D eigenvalue weighted by Crippen LogP contribution is 2.28. The third kappa shape index (κ3) is 4.90. The smallest absolute Gasteiger partial charge is 0.206 e. The Labute approximate surface area is 186 Å². The van der Waals surface area contributed by atoms with Crippen molar-refractivity contribution < 1.29 is 4.79 Å². The topological polar surface area (TPSA) is 83.6 Å². The maximum absolute atomic E-state index is 12.9. The molecule has 4 rings (SSSR count). The molecule has 3 aromatic heterocycles. The number of hydrogen-bond acceptors (Lipinski definition) is 8. The maximum atomic E-state index is 12.9. The van der Waals surface area contributed by atoms with Crippen molar-refractivity contribution in [3.8, 4) is 6.07 Å². The summed E-state index contributed by atoms with van der Waals surface area (Å²) in [5, 5.41) is 24.3. The summed E-state index contributed by atoms with van der Waals surface area (Å²) in [4.78, 5) is 14.2. The van der Waals surface area contributed by atoms with Gasteiger partial charge in [-0.2, -0.15) is 5.26 Å². The molecule has 1 aromatic carbocycles. The average molecular weight is 454 g/mol. The summed E-state index contributed by atoms with van der Waals surface area (Å²) >= 11 is 4.62. The molecule has 0 spiro atoms. The van der Waals surface area contributed by atoms with Crippen LogP contribution in [0.15, 0.2) is 52.3 Å². The van der Waals surface area contributed by atoms with Gasteiger partial charge in [-0.05, 0) is 23.9 Å². The van der Waals surface area contributed by atoms with Crippen LogP contribution in [-0.4, -0.2) is 32.8 Å². The van der Waals surface area contributed by atoms with E-state index in [4.69, 9.17) is 5.26 Å². The molecule has 9 heteroatoms. The molecule has 0 aliphatic rings. The second-order valence-corrected chi connectivity index (χ2v) is 9.73. The van der Waals surface area contributed by atoms with Crippen LogP contribution in [0.3, 0.4) is 0 Å². The number of aryl methyl sites for hydroxylation is 1. The van der Waals surface area contributed by atoms with Crippen molar-refractivity contribution in [3.05, 3.63) is 58.4 Å². The van der Waals surface area contributed by atoms with Gasteiger partial charge in [-0.25, -0.2) is 0 Å². The molecule has 0 saturated heterocycles. The van der Waals surface area contributed by atoms with Crippen molar-refractivity contribution in [1.82, 2.24) is 14.8 Å². The summed E-state index contributed by atoms with van der Waals surface area (Å²) in [5.74, 6) is 0.352. The number of carbonyl (C=O) groups excluding carboxylic acids is 1. The highest BCUT2D eigenvalue weighted by Gasteiger charge is 2.16. The van der Waals surface area contributed by atoms with Crippen LogP contribution in [0.25, 0.3) is 10.9 Å². The number of hydrogen-bond donors (Lipinski definition) is 1. The summed E-state index contributed by atoms with van der Waals surface area (Å²) in [6.07, 6.45) is 3.23. The van der Waals surface area contributed by atoms with Crippen molar-refractivity contribution >= 4 is 56.3 Å². The first kappa shape index (κ1) is 20.6. The summed E-state index contributed by atoms with van der Waals surface area (Å²) in [5.41, 5.74) is 1.67. The summed E-state index contributed by atoms with van der Waals surface area (Å²) in [6, 6.07) is 14.2. The van der Waals surface area contributed by atoms with Crippen molar-refractivity contribution in [3.63, 3.8) is 0 Å². The number of anilines is 1. The van der Waals surface area contributed by atoms with E-state index >= 15 is 0 Å². The summed E-state index contributed by atoms with van der Waals surface area (Å²) < 4.78 is 2.76. The lowest BCUT2D eigenvalue weighted by Crippen LogP contribution is -2.03. The SMILES string of the molecule is N#CCCn1cc(C(=O)CSc2nnc(NCCc3cccs3)s2)c2ccccc21. The van der Waals surface area contributed by atoms with Crippen LogP contribution in [0.4, 0.5) is 5.13 Å². The van der Waals surface area contributed by atoms with E-state index in [9.17, 15) is 4.79 Å². The summed E-state index contributed by atoms with van der Waals surface area (Å²) in [6.45, 7) is 1.38. The molecule has 1 N–H and O–H groups in total. The molecule has 4 aromatic rings. The van der Waals surface area contributed by atoms with E-state index in [0.29, 0.717) is 24.3 Å². The van der Waals surface area contributed by atoms with Gasteiger partial charge in [0.2, 0.25) is 5.13 Å². The van der Waals surface area contributed by atoms with E-state index in [1.165, 1.54) is 28.0 Å². The number of Topliss-reactive ketones (excluding diaryl/α,β-unsaturated/α-hetero) is 1. The molecule has 0 radical (unpaired) electrons. The molecule has 0 fully saturated rings. The Morgan fingerprint density at radius 1 is 1.23 bits per heavy atom. The Morgan fingerprint density at radius 3 is 2.97 bits per heavy atom. The number of thiophene rings is 1. The van der Waals surface area contributed by atoms with Gasteiger partial charge >= 0.3 is 0 Å². The highest BCUT2D eigenvalue weighted by atomic mass is 32.2. The average Bonchev–Trinajstić information content (AvgIpc) is 3.51. The lowest BCUT2D eigenvalue weighted by atomic mass is 10.1. The van der Waals surface area contributed by atoms with Gasteiger partial charge in [-0.15, -0.1) is 21.5 Å². The largest absolute Gasteiger partial charge is 0.360 e. The number of ketones is 1. The predicted molar refractivity (Wildman–Crippen MR) is 124 cm³/mol. The fraction of sp³-hybridized carbons (Fsp3) is 0.238. The zero-order valence-electron chi connectivity index (χ0n) is 16.1. The number of nitrogens with one attached hydrogen (secondary N) is 1. The number of para-hydroxylation sites is 1. The van der Waals surface area contributed by atoms with Crippen LogP contribution < -0.4 is 5.32 Å². The molecule has 0 aliphatic carbocycles. The minimum Gasteiger partial charge on any atom is -0.360 e. The second-order valence-electron chi connectivity index (χ2n) is 6.50. The number of rotatable bonds is 10. The van der Waals surface area contributed by atoms with E-state index in [-0.39, 0.29) is 5.78 Å². The van der Waals surface area contributed by atoms with Crippen LogP contribution in [0, 0.1) is 11.3 Å². The summed E-state index contributed by atoms with van der Waals surface area (Å²) in [7, 11) is 0. The van der Waals surface area contributed by atoms with Gasteiger partial charge in [-0.1, -0.05) is 47.4 Å². The van der Waals surface area contributed by atoms with E-state index in [1.807, 2.05) is 35.0 Å². The fourth-order valence-corrected chi connectivity index (χ4v) is 5.49. The Bertz CT molecular complexity index is 1170. The van der Waals surface area contributed by atoms with E-state index < -0.39 is 0 Å². The Hall–Kier alpha value is -2.67. The standard InChI is InChI=1S/C21H19N5OS3/c22-9-4-11-26-13-17(16-6-1-2-7-18(16)26)19(27)14-29-21-25-24-20(30-21)23-10-8-15-5-3-12-28-15/h1-3,5-7,12-13H,4,8,10-11,14H2,(H,23,24). The first-order valence-corrected chi connectivity index (χ1v) is 12.1. The second kappa shape index (κ2) is 9.89. The minimum absolute atomic E-state index is 0.0503. The minimum atomic E-state index is 0.0503. The van der Waals surface area contributed by atoms with Gasteiger partial charge in [-0.3, -0.25) is 4.79 Å². The Morgan fingerprint density at radius 2 is 2.13 bits per heavy atom. The lowest BCUT2D eigenvalue weighted by molar-refractivity contribution is 0.102. The molecule has 3 heterocycles. The zero-order chi connectivity index (χ0) is 20.8. The van der Waals surface area contributed by atoms with Crippen LogP contribution in [0.1, 0.15) is 21.7 Å². The molecule has 30 heavy (non-hydrogen) atoms. The van der Waals surface area contributed by atoms with Gasteiger partial charge in [0, 0.05) is 40.6 Å². The molecule has 0 saturated carbocycles. The highest BCUT2D eigenvalue weighted by molar-refractivity contribution is 8.01. The van der Waals surface area contributed by atoms with Crippen molar-refractivity contribution in [2.24, 2.45) is 0 Å². The van der Waals surface area contributed by atoms with Gasteiger partial charge in [0.05, 0.1) is 18.2 Å². The van der Waals surface area contributed by atoms with Gasteiger partial charge in [0.25, 0.3) is 0 Å². The predicted octanol–water partition coefficient (Wildman–Crippen LogP) is 5.10. The monoisotopic (exact) mass is 453 g/mol. The number of nitriles is 1. The third-order valence-corrected chi connectivity index (χ3v) is 7.46. The first-order valence-electron chi connectivity index (χ1n) is 9.45. The third-order valence-electron chi connectivity index (χ3n) is 4.51. The maximum Gasteiger partial charge on any atom is 0.206 e. The van der Waals surface area contributed by atoms with E-state index in [2.05, 4.69) is 39.1 Å². The quantitative estimate of drug-likeness (QED) is 0.266. The number of thioether (sulfide) groups is 1. The molecule has 0 bridgehead atoms. The lowest BCUT2D eigenvalue weighted by Gasteiger charge is -2.00. The number of benzene rings is 1. The molecule has 152 valence electrons. The van der Waals surface area contributed by atoms with Gasteiger partial charge in [0.15, 0.2) is 10.1 Å². The number of carbonyl (C=O) groups is 1. The molecule has 0 atom stereocenters. The van der Waals surface area contributed by atoms with Crippen LogP contribution in [0.2, 0.25) is 0 Å². The molecule has 0 aliphatic heterocycles. The number of nitrogens with zero attached hydrogens (tertiary/aromatic N) is 4. The number of aromatic nitrogens is 3. The van der Waals surface area contributed by atoms with E-state index in [1.54, 1.807) is 11.3 Å². The van der Waals surface area contributed by atoms with Crippen LogP contribution >= 0.6 is 34.4 Å². The molecule has 6 nitrogen and oxygen atoms in total. The molecule has 0 amide bonds. The molecular weight excluding hydrogens is 434 g/mol. The van der Waals surface area contributed by atoms with Crippen LogP contribution in [0.5, 0.6) is 0 Å². The molecular formula is C21H19N5OS3. The number of fused-ring (bicyclic) bond motifs is 1. The van der Waals surface area contributed by atoms with Crippen molar-refractivity contribution in [1.29, 1.82) is 5.26 Å². The fourth-order valence-electron chi connectivity index (χ4n) is 3.12. The Kier molecular flexibility index (Phi) is 6.79. The van der Waals surface area contributed by atoms with E-state index in [0.717, 1.165) is 33.3 Å². The van der Waals surface area contributed by atoms with Gasteiger partial charge in [0.1, 0.15) is 0 Å². The normalized spacial score (nSPS) is 10.9. The van der Waals surface area contributed by atoms with Crippen molar-refractivity contribution in [2.75, 3.05) is 17.6 Å². The Balaban J connectivity index is 1.36. The zero-order valence-corrected chi connectivity index (χ0v) is 18.5. The van der Waals surface area contributed by atoms with Crippen LogP contribution in [-0.2, 0) is 13.0 Å². The van der Waals surface area contributed by atoms with Gasteiger partial charge < -0.3 is 9.88 Å². The first-order chi connectivity index (χ1) is 14.7. The molecule has 0 unspecified atom stereocenters.